The first-order chi connectivity index (χ1) is 11.9. The van der Waals surface area contributed by atoms with Crippen molar-refractivity contribution in [2.24, 2.45) is 5.92 Å². The maximum atomic E-state index is 14.6. The highest BCUT2D eigenvalue weighted by Crippen LogP contribution is 2.39. The summed E-state index contributed by atoms with van der Waals surface area (Å²) in [6.07, 6.45) is 5.81. The highest BCUT2D eigenvalue weighted by Gasteiger charge is 2.35. The lowest BCUT2D eigenvalue weighted by molar-refractivity contribution is -0.276. The van der Waals surface area contributed by atoms with Crippen molar-refractivity contribution in [1.82, 2.24) is 0 Å². The van der Waals surface area contributed by atoms with E-state index in [0.717, 1.165) is 38.5 Å². The van der Waals surface area contributed by atoms with Gasteiger partial charge in [0.2, 0.25) is 5.75 Å². The van der Waals surface area contributed by atoms with E-state index in [-0.39, 0.29) is 23.8 Å². The Balaban J connectivity index is 1.79. The highest BCUT2D eigenvalue weighted by atomic mass is 19.4. The number of benzene rings is 1. The molecule has 1 aromatic carbocycles. The molecule has 2 nitrogen and oxygen atoms in total. The van der Waals surface area contributed by atoms with Crippen LogP contribution in [0.25, 0.3) is 0 Å². The highest BCUT2D eigenvalue weighted by molar-refractivity contribution is 5.45. The van der Waals surface area contributed by atoms with Gasteiger partial charge in [0.1, 0.15) is 0 Å². The van der Waals surface area contributed by atoms with Gasteiger partial charge in [-0.05, 0) is 62.5 Å². The van der Waals surface area contributed by atoms with E-state index >= 15 is 0 Å². The van der Waals surface area contributed by atoms with Gasteiger partial charge in [-0.15, -0.1) is 13.2 Å². The Morgan fingerprint density at radius 3 is 2.36 bits per heavy atom. The Bertz CT molecular complexity index is 615. The predicted octanol–water partition coefficient (Wildman–Crippen LogP) is 5.94. The fraction of sp³-hybridized carbons (Fsp3) is 0.579. The molecule has 0 bridgehead atoms. The lowest BCUT2D eigenvalue weighted by Crippen LogP contribution is -2.20. The van der Waals surface area contributed by atoms with E-state index in [4.69, 9.17) is 4.74 Å². The molecule has 138 valence electrons. The van der Waals surface area contributed by atoms with Crippen LogP contribution in [-0.4, -0.2) is 12.5 Å². The number of halogens is 4. The van der Waals surface area contributed by atoms with Crippen LogP contribution in [-0.2, 0) is 6.42 Å². The first-order valence-corrected chi connectivity index (χ1v) is 8.83. The number of rotatable bonds is 6. The van der Waals surface area contributed by atoms with E-state index in [1.165, 1.54) is 18.6 Å². The van der Waals surface area contributed by atoms with Crippen molar-refractivity contribution in [2.75, 3.05) is 0 Å². The van der Waals surface area contributed by atoms with Crippen LogP contribution in [0.15, 0.2) is 24.3 Å². The quantitative estimate of drug-likeness (QED) is 0.462. The predicted molar refractivity (Wildman–Crippen MR) is 86.2 cm³/mol. The van der Waals surface area contributed by atoms with Gasteiger partial charge in [0, 0.05) is 0 Å². The molecule has 0 radical (unpaired) electrons. The van der Waals surface area contributed by atoms with Gasteiger partial charge in [0.05, 0.1) is 6.10 Å². The van der Waals surface area contributed by atoms with Crippen LogP contribution in [0.1, 0.15) is 50.5 Å². The number of alkyl halides is 3. The lowest BCUT2D eigenvalue weighted by atomic mass is 9.85. The average molecular weight is 358 g/mol. The summed E-state index contributed by atoms with van der Waals surface area (Å²) >= 11 is 0. The van der Waals surface area contributed by atoms with Gasteiger partial charge in [-0.3, -0.25) is 0 Å². The molecule has 0 amide bonds. The Labute approximate surface area is 144 Å². The summed E-state index contributed by atoms with van der Waals surface area (Å²) in [7, 11) is 0. The molecule has 0 spiro atoms. The fourth-order valence-corrected chi connectivity index (χ4v) is 3.25. The monoisotopic (exact) mass is 358 g/mol. The summed E-state index contributed by atoms with van der Waals surface area (Å²) < 4.78 is 62.2. The fourth-order valence-electron chi connectivity index (χ4n) is 3.25. The van der Waals surface area contributed by atoms with Crippen molar-refractivity contribution < 1.29 is 27.0 Å². The van der Waals surface area contributed by atoms with Crippen LogP contribution in [0.4, 0.5) is 17.6 Å². The standard InChI is InChI=1S/C19H22F4O2/c20-17-14(8-4-7-13-5-3-6-13)11-12-16(18(17)25-19(21,22)23)24-15-9-1-2-10-15/h4,7,11-13,15H,1-3,5-6,8-10H2/b7-4+. The van der Waals surface area contributed by atoms with Crippen LogP contribution in [0.5, 0.6) is 11.5 Å². The number of hydrogen-bond acceptors (Lipinski definition) is 2. The molecular formula is C19H22F4O2. The van der Waals surface area contributed by atoms with E-state index < -0.39 is 17.9 Å². The Morgan fingerprint density at radius 2 is 1.76 bits per heavy atom. The van der Waals surface area contributed by atoms with Crippen molar-refractivity contribution in [3.8, 4) is 11.5 Å². The summed E-state index contributed by atoms with van der Waals surface area (Å²) in [5.74, 6) is -1.51. The Hall–Kier alpha value is -1.72. The van der Waals surface area contributed by atoms with Gasteiger partial charge < -0.3 is 9.47 Å². The molecule has 1 aromatic rings. The molecule has 3 rings (SSSR count). The molecule has 0 N–H and O–H groups in total. The molecule has 0 atom stereocenters. The van der Waals surface area contributed by atoms with Crippen LogP contribution in [0, 0.1) is 11.7 Å². The number of allylic oxidation sites excluding steroid dienone is 2. The first-order valence-electron chi connectivity index (χ1n) is 8.83. The molecule has 0 aromatic heterocycles. The molecule has 2 aliphatic rings. The van der Waals surface area contributed by atoms with Crippen LogP contribution < -0.4 is 9.47 Å². The van der Waals surface area contributed by atoms with Gasteiger partial charge in [-0.25, -0.2) is 4.39 Å². The van der Waals surface area contributed by atoms with E-state index in [9.17, 15) is 17.6 Å². The van der Waals surface area contributed by atoms with Crippen molar-refractivity contribution in [3.05, 3.63) is 35.7 Å². The average Bonchev–Trinajstić information content (AvgIpc) is 2.99. The first kappa shape index (κ1) is 18.1. The normalized spacial score (nSPS) is 19.4. The van der Waals surface area contributed by atoms with Crippen molar-refractivity contribution in [1.29, 1.82) is 0 Å². The maximum absolute atomic E-state index is 14.6. The van der Waals surface area contributed by atoms with E-state index in [0.29, 0.717) is 5.92 Å². The molecule has 2 fully saturated rings. The minimum absolute atomic E-state index is 0.173. The van der Waals surface area contributed by atoms with E-state index in [1.54, 1.807) is 0 Å². The summed E-state index contributed by atoms with van der Waals surface area (Å²) in [4.78, 5) is 0. The molecule has 6 heteroatoms. The van der Waals surface area contributed by atoms with E-state index in [1.807, 2.05) is 12.2 Å². The summed E-state index contributed by atoms with van der Waals surface area (Å²) in [5.41, 5.74) is 0.175. The molecule has 0 heterocycles. The Kier molecular flexibility index (Phi) is 5.54. The third-order valence-corrected chi connectivity index (χ3v) is 4.85. The Morgan fingerprint density at radius 1 is 1.04 bits per heavy atom. The van der Waals surface area contributed by atoms with E-state index in [2.05, 4.69) is 4.74 Å². The molecule has 0 unspecified atom stereocenters. The third-order valence-electron chi connectivity index (χ3n) is 4.85. The van der Waals surface area contributed by atoms with Gasteiger partial charge in [0.15, 0.2) is 11.6 Å². The molecular weight excluding hydrogens is 336 g/mol. The molecule has 25 heavy (non-hydrogen) atoms. The molecule has 2 saturated carbocycles. The largest absolute Gasteiger partial charge is 0.573 e. The second-order valence-corrected chi connectivity index (χ2v) is 6.76. The van der Waals surface area contributed by atoms with Crippen molar-refractivity contribution in [2.45, 2.75) is 63.8 Å². The molecule has 0 aliphatic heterocycles. The lowest BCUT2D eigenvalue weighted by Gasteiger charge is -2.21. The zero-order chi connectivity index (χ0) is 17.9. The summed E-state index contributed by atoms with van der Waals surface area (Å²) in [5, 5.41) is 0. The minimum Gasteiger partial charge on any atom is -0.486 e. The zero-order valence-electron chi connectivity index (χ0n) is 13.9. The maximum Gasteiger partial charge on any atom is 0.573 e. The van der Waals surface area contributed by atoms with Crippen molar-refractivity contribution in [3.63, 3.8) is 0 Å². The van der Waals surface area contributed by atoms with Crippen LogP contribution >= 0.6 is 0 Å². The van der Waals surface area contributed by atoms with Crippen LogP contribution in [0.2, 0.25) is 0 Å². The second-order valence-electron chi connectivity index (χ2n) is 6.76. The van der Waals surface area contributed by atoms with Gasteiger partial charge in [-0.1, -0.05) is 24.6 Å². The SMILES string of the molecule is Fc1c(C/C=C/C2CCC2)ccc(OC2CCCC2)c1OC(F)(F)F. The zero-order valence-corrected chi connectivity index (χ0v) is 13.9. The number of hydrogen-bond donors (Lipinski definition) is 0. The molecule has 2 aliphatic carbocycles. The van der Waals surface area contributed by atoms with Gasteiger partial charge in [-0.2, -0.15) is 0 Å². The summed E-state index contributed by atoms with van der Waals surface area (Å²) in [6, 6.07) is 2.86. The van der Waals surface area contributed by atoms with Crippen LogP contribution in [0.3, 0.4) is 0 Å². The second kappa shape index (κ2) is 7.67. The summed E-state index contributed by atoms with van der Waals surface area (Å²) in [6.45, 7) is 0. The smallest absolute Gasteiger partial charge is 0.486 e. The third kappa shape index (κ3) is 4.89. The molecule has 0 saturated heterocycles. The van der Waals surface area contributed by atoms with Crippen molar-refractivity contribution >= 4 is 0 Å². The van der Waals surface area contributed by atoms with Gasteiger partial charge in [0.25, 0.3) is 0 Å². The topological polar surface area (TPSA) is 18.5 Å². The minimum atomic E-state index is -4.96. The number of ether oxygens (including phenoxy) is 2. The van der Waals surface area contributed by atoms with Gasteiger partial charge >= 0.3 is 6.36 Å².